The van der Waals surface area contributed by atoms with Gasteiger partial charge in [-0.2, -0.15) is 0 Å². The normalized spacial score (nSPS) is 15.6. The lowest BCUT2D eigenvalue weighted by atomic mass is 10.00. The van der Waals surface area contributed by atoms with Crippen LogP contribution in [0.1, 0.15) is 51.7 Å². The molecule has 0 amide bonds. The van der Waals surface area contributed by atoms with Crippen molar-refractivity contribution >= 4 is 78.0 Å². The van der Waals surface area contributed by atoms with Gasteiger partial charge in [-0.05, 0) is 68.6 Å². The number of halogens is 6. The van der Waals surface area contributed by atoms with E-state index < -0.39 is 0 Å². The minimum atomic E-state index is -0.158. The first-order valence-electron chi connectivity index (χ1n) is 12.0. The van der Waals surface area contributed by atoms with E-state index in [0.29, 0.717) is 11.6 Å². The number of rotatable bonds is 3. The highest BCUT2D eigenvalue weighted by Gasteiger charge is 2.18. The van der Waals surface area contributed by atoms with Crippen LogP contribution in [-0.2, 0) is 0 Å². The lowest BCUT2D eigenvalue weighted by Crippen LogP contribution is -2.35. The molecule has 2 nitrogen and oxygen atoms in total. The van der Waals surface area contributed by atoms with E-state index in [4.69, 9.17) is 0 Å². The Kier molecular flexibility index (Phi) is 16.2. The maximum atomic E-state index is 13.9. The van der Waals surface area contributed by atoms with Gasteiger partial charge in [-0.15, -0.1) is 12.4 Å². The number of alkyl halides is 1. The molecule has 1 N–H and O–H groups in total. The van der Waals surface area contributed by atoms with Crippen LogP contribution in [0.5, 0.6) is 0 Å². The van der Waals surface area contributed by atoms with Crippen molar-refractivity contribution in [3.63, 3.8) is 0 Å². The zero-order chi connectivity index (χ0) is 26.0. The Morgan fingerprint density at radius 1 is 0.861 bits per heavy atom. The van der Waals surface area contributed by atoms with Gasteiger partial charge in [-0.3, -0.25) is 4.90 Å². The summed E-state index contributed by atoms with van der Waals surface area (Å²) >= 11 is 8.87. The molecule has 2 aliphatic heterocycles. The van der Waals surface area contributed by atoms with Gasteiger partial charge in [0.1, 0.15) is 11.6 Å². The van der Waals surface area contributed by atoms with Crippen LogP contribution in [0.4, 0.5) is 8.78 Å². The molecule has 2 aromatic carbocycles. The topological polar surface area (TPSA) is 15.3 Å². The van der Waals surface area contributed by atoms with Gasteiger partial charge < -0.3 is 5.32 Å². The summed E-state index contributed by atoms with van der Waals surface area (Å²) in [6.07, 6.45) is 6.24. The Morgan fingerprint density at radius 2 is 1.36 bits per heavy atom. The Bertz CT molecular complexity index is 1030. The summed E-state index contributed by atoms with van der Waals surface area (Å²) in [4.78, 5) is 2.37. The van der Waals surface area contributed by atoms with E-state index >= 15 is 0 Å². The van der Waals surface area contributed by atoms with Crippen LogP contribution in [0.2, 0.25) is 0 Å². The fourth-order valence-corrected chi connectivity index (χ4v) is 4.42. The Labute approximate surface area is 252 Å². The molecule has 0 saturated heterocycles. The minimum absolute atomic E-state index is 0. The van der Waals surface area contributed by atoms with E-state index in [1.54, 1.807) is 0 Å². The Hall–Kier alpha value is -0.320. The number of hydrogen-bond donors (Lipinski definition) is 1. The molecule has 0 aromatic heterocycles. The van der Waals surface area contributed by atoms with Gasteiger partial charge in [-0.1, -0.05) is 92.6 Å². The van der Waals surface area contributed by atoms with Crippen LogP contribution >= 0.6 is 66.9 Å². The minimum Gasteiger partial charge on any atom is -0.312 e. The highest BCUT2D eigenvalue weighted by atomic mass is 127. The van der Waals surface area contributed by atoms with E-state index in [2.05, 4.69) is 105 Å². The molecule has 2 aromatic rings. The van der Waals surface area contributed by atoms with Gasteiger partial charge in [0.05, 0.1) is 0 Å². The molecule has 2 heterocycles. The number of benzene rings is 2. The molecule has 8 heteroatoms. The average Bonchev–Trinajstić information content (AvgIpc) is 2.80. The van der Waals surface area contributed by atoms with E-state index in [1.807, 2.05) is 24.3 Å². The molecule has 0 spiro atoms. The molecule has 0 saturated carbocycles. The highest BCUT2D eigenvalue weighted by molar-refractivity contribution is 14.1. The lowest BCUT2D eigenvalue weighted by Gasteiger charge is -2.30. The zero-order valence-corrected chi connectivity index (χ0v) is 27.4. The second kappa shape index (κ2) is 17.3. The van der Waals surface area contributed by atoms with Gasteiger partial charge in [0.2, 0.25) is 0 Å². The van der Waals surface area contributed by atoms with Gasteiger partial charge in [0.25, 0.3) is 0 Å². The van der Waals surface area contributed by atoms with Crippen molar-refractivity contribution in [3.05, 3.63) is 80.3 Å². The van der Waals surface area contributed by atoms with E-state index in [0.717, 1.165) is 68.6 Å². The summed E-state index contributed by atoms with van der Waals surface area (Å²) in [5.41, 5.74) is 3.61. The number of hydrogen-bond acceptors (Lipinski definition) is 2. The van der Waals surface area contributed by atoms with Crippen molar-refractivity contribution in [1.82, 2.24) is 10.2 Å². The lowest BCUT2D eigenvalue weighted by molar-refractivity contribution is 0.247. The molecule has 0 radical (unpaired) electrons. The first-order valence-corrected chi connectivity index (χ1v) is 14.8. The summed E-state index contributed by atoms with van der Waals surface area (Å²) in [5.74, 6) is -0.300. The van der Waals surface area contributed by atoms with Crippen LogP contribution in [0.15, 0.2) is 57.5 Å². The van der Waals surface area contributed by atoms with Gasteiger partial charge in [-0.25, -0.2) is 8.78 Å². The number of nitrogens with zero attached hydrogens (tertiary/aromatic N) is 1. The second-order valence-corrected chi connectivity index (χ2v) is 13.4. The van der Waals surface area contributed by atoms with E-state index in [-0.39, 0.29) is 24.0 Å². The van der Waals surface area contributed by atoms with Crippen LogP contribution in [0.3, 0.4) is 0 Å². The monoisotopic (exact) mass is 758 g/mol. The SMILES string of the molecule is CC(C)I.CC(C)N1CCC=C(c2ccc(Br)cc2F)C1.Cl.Fc1cc(Br)ccc1C1=CCCNC1. The summed E-state index contributed by atoms with van der Waals surface area (Å²) in [6.45, 7) is 12.3. The standard InChI is InChI=1S/C14H17BrFN.C11H11BrFN.C3H7I.ClH/c1-10(2)17-7-3-4-11(9-17)13-6-5-12(15)8-14(13)16;12-9-3-4-10(11(13)6-9)8-2-1-5-14-7-8;1-3(2)4;/h4-6,8,10H,3,7,9H2,1-2H3;2-4,6,14H,1,5,7H2;3H,1-2H3;1H. The van der Waals surface area contributed by atoms with Crippen molar-refractivity contribution in [1.29, 1.82) is 0 Å². The molecule has 2 aliphatic rings. The molecule has 0 fully saturated rings. The summed E-state index contributed by atoms with van der Waals surface area (Å²) in [5, 5.41) is 3.23. The third kappa shape index (κ3) is 11.6. The van der Waals surface area contributed by atoms with Crippen LogP contribution in [0, 0.1) is 11.6 Å². The molecule has 36 heavy (non-hydrogen) atoms. The average molecular weight is 761 g/mol. The second-order valence-electron chi connectivity index (χ2n) is 9.04. The van der Waals surface area contributed by atoms with Crippen molar-refractivity contribution in [2.24, 2.45) is 0 Å². The van der Waals surface area contributed by atoms with Crippen molar-refractivity contribution in [3.8, 4) is 0 Å². The van der Waals surface area contributed by atoms with E-state index in [1.165, 1.54) is 12.1 Å². The maximum absolute atomic E-state index is 13.9. The van der Waals surface area contributed by atoms with Gasteiger partial charge >= 0.3 is 0 Å². The summed E-state index contributed by atoms with van der Waals surface area (Å²) in [7, 11) is 0. The molecular formula is C28H36Br2ClF2IN2. The van der Waals surface area contributed by atoms with Crippen molar-refractivity contribution in [2.45, 2.75) is 50.5 Å². The molecular weight excluding hydrogens is 724 g/mol. The Morgan fingerprint density at radius 3 is 1.81 bits per heavy atom. The molecule has 4 rings (SSSR count). The smallest absolute Gasteiger partial charge is 0.131 e. The Balaban J connectivity index is 0.000000310. The molecule has 0 atom stereocenters. The fraction of sp³-hybridized carbons (Fsp3) is 0.429. The quantitative estimate of drug-likeness (QED) is 0.248. The third-order valence-corrected chi connectivity index (χ3v) is 6.48. The highest BCUT2D eigenvalue weighted by Crippen LogP contribution is 2.26. The third-order valence-electron chi connectivity index (χ3n) is 5.49. The van der Waals surface area contributed by atoms with E-state index in [9.17, 15) is 8.78 Å². The first kappa shape index (κ1) is 33.7. The number of nitrogens with one attached hydrogen (secondary N) is 1. The van der Waals surface area contributed by atoms with Crippen LogP contribution in [0.25, 0.3) is 11.1 Å². The largest absolute Gasteiger partial charge is 0.312 e. The molecule has 0 bridgehead atoms. The van der Waals surface area contributed by atoms with Crippen molar-refractivity contribution < 1.29 is 8.78 Å². The predicted octanol–water partition coefficient (Wildman–Crippen LogP) is 9.30. The molecule has 0 aliphatic carbocycles. The summed E-state index contributed by atoms with van der Waals surface area (Å²) < 4.78 is 29.8. The van der Waals surface area contributed by atoms with Crippen LogP contribution < -0.4 is 5.32 Å². The zero-order valence-electron chi connectivity index (χ0n) is 21.3. The van der Waals surface area contributed by atoms with Gasteiger partial charge in [0, 0.05) is 49.7 Å². The van der Waals surface area contributed by atoms with Gasteiger partial charge in [0.15, 0.2) is 0 Å². The fourth-order valence-electron chi connectivity index (χ4n) is 3.75. The van der Waals surface area contributed by atoms with Crippen LogP contribution in [-0.4, -0.2) is 41.0 Å². The first-order chi connectivity index (χ1) is 16.6. The molecule has 0 unspecified atom stereocenters. The predicted molar refractivity (Wildman–Crippen MR) is 169 cm³/mol. The summed E-state index contributed by atoms with van der Waals surface area (Å²) in [6, 6.07) is 11.0. The maximum Gasteiger partial charge on any atom is 0.131 e. The molecule has 200 valence electrons. The van der Waals surface area contributed by atoms with Crippen molar-refractivity contribution in [2.75, 3.05) is 26.2 Å².